The van der Waals surface area contributed by atoms with Gasteiger partial charge in [0.25, 0.3) is 20.2 Å². The summed E-state index contributed by atoms with van der Waals surface area (Å²) in [6, 6.07) is 41.7. The van der Waals surface area contributed by atoms with Crippen molar-refractivity contribution in [1.82, 2.24) is 0 Å². The number of benzene rings is 5. The monoisotopic (exact) mass is 744 g/mol. The Hall–Kier alpha value is -4.13. The summed E-state index contributed by atoms with van der Waals surface area (Å²) in [5.74, 6) is -0.583. The van der Waals surface area contributed by atoms with Gasteiger partial charge >= 0.3 is 0 Å². The van der Waals surface area contributed by atoms with Crippen molar-refractivity contribution < 1.29 is 25.9 Å². The molecule has 0 aliphatic heterocycles. The summed E-state index contributed by atoms with van der Waals surface area (Å²) >= 11 is 1.26. The number of nitrogens with zero attached hydrogens (tertiary/aromatic N) is 2. The zero-order valence-corrected chi connectivity index (χ0v) is 31.2. The summed E-state index contributed by atoms with van der Waals surface area (Å²) in [5, 5.41) is 0. The van der Waals surface area contributed by atoms with E-state index in [1.54, 1.807) is 12.1 Å². The molecular formula is C40H44N2O6S3. The molecule has 0 bridgehead atoms. The topological polar surface area (TPSA) is 115 Å². The zero-order chi connectivity index (χ0) is 36.4. The molecule has 0 spiro atoms. The Labute approximate surface area is 306 Å². The quantitative estimate of drug-likeness (QED) is 0.0419. The Morgan fingerprint density at radius 2 is 1.10 bits per heavy atom. The molecule has 0 radical (unpaired) electrons. The van der Waals surface area contributed by atoms with Crippen LogP contribution in [-0.4, -0.2) is 50.5 Å². The Morgan fingerprint density at radius 3 is 1.51 bits per heavy atom. The largest absolute Gasteiger partial charge is 0.367 e. The highest BCUT2D eigenvalue weighted by Crippen LogP contribution is 2.39. The number of hydrogen-bond acceptors (Lipinski definition) is 7. The molecule has 0 fully saturated rings. The Kier molecular flexibility index (Phi) is 13.0. The molecule has 5 rings (SSSR count). The van der Waals surface area contributed by atoms with E-state index >= 15 is 0 Å². The maximum Gasteiger partial charge on any atom is 0.294 e. The molecule has 0 amide bonds. The van der Waals surface area contributed by atoms with E-state index in [1.165, 1.54) is 29.0 Å². The van der Waals surface area contributed by atoms with E-state index in [1.807, 2.05) is 84.9 Å². The lowest BCUT2D eigenvalue weighted by Gasteiger charge is -2.26. The van der Waals surface area contributed by atoms with Crippen LogP contribution < -0.4 is 9.80 Å². The van der Waals surface area contributed by atoms with E-state index in [9.17, 15) is 21.4 Å². The van der Waals surface area contributed by atoms with E-state index in [-0.39, 0.29) is 17.1 Å². The standard InChI is InChI=1S/C40H44N2O6S3/c1-3-41(29-31-12-7-5-8-13-31)35-20-16-33(17-21-35)40(34-18-22-36(23-19-34)42(4-2)30-32-14-9-6-10-15-32)38-25-24-37(28-39(38)51(46,47)48)49-26-11-27-50(43,44)45/h5-10,12-25,28,40H,3-4,11,26-27,29-30H2,1-2H3,(H,43,44,45)(H,46,47,48). The van der Waals surface area contributed by atoms with Crippen LogP contribution in [-0.2, 0) is 33.3 Å². The molecule has 0 aliphatic carbocycles. The summed E-state index contributed by atoms with van der Waals surface area (Å²) in [6.07, 6.45) is 0.186. The van der Waals surface area contributed by atoms with Crippen molar-refractivity contribution in [3.63, 3.8) is 0 Å². The predicted molar refractivity (Wildman–Crippen MR) is 208 cm³/mol. The minimum Gasteiger partial charge on any atom is -0.367 e. The number of thioether (sulfide) groups is 1. The minimum atomic E-state index is -4.66. The van der Waals surface area contributed by atoms with Gasteiger partial charge in [-0.05, 0) is 90.2 Å². The smallest absolute Gasteiger partial charge is 0.294 e. The minimum absolute atomic E-state index is 0.186. The lowest BCUT2D eigenvalue weighted by molar-refractivity contribution is 0.480. The molecule has 8 nitrogen and oxygen atoms in total. The molecule has 0 saturated carbocycles. The van der Waals surface area contributed by atoms with Gasteiger partial charge in [-0.15, -0.1) is 11.8 Å². The first kappa shape index (κ1) is 38.1. The van der Waals surface area contributed by atoms with Crippen molar-refractivity contribution in [2.45, 2.75) is 49.1 Å². The van der Waals surface area contributed by atoms with Gasteiger partial charge in [0, 0.05) is 48.4 Å². The summed E-state index contributed by atoms with van der Waals surface area (Å²) in [4.78, 5) is 4.89. The predicted octanol–water partition coefficient (Wildman–Crippen LogP) is 8.54. The first-order valence-electron chi connectivity index (χ1n) is 16.9. The van der Waals surface area contributed by atoms with Gasteiger partial charge in [-0.3, -0.25) is 9.11 Å². The van der Waals surface area contributed by atoms with E-state index in [0.29, 0.717) is 16.2 Å². The van der Waals surface area contributed by atoms with E-state index in [2.05, 4.69) is 47.9 Å². The maximum absolute atomic E-state index is 13.0. The molecule has 51 heavy (non-hydrogen) atoms. The van der Waals surface area contributed by atoms with Crippen molar-refractivity contribution >= 4 is 43.4 Å². The molecule has 268 valence electrons. The van der Waals surface area contributed by atoms with Gasteiger partial charge in [0.05, 0.1) is 10.6 Å². The van der Waals surface area contributed by atoms with Crippen LogP contribution in [0.3, 0.4) is 0 Å². The third-order valence-electron chi connectivity index (χ3n) is 8.77. The number of hydrogen-bond donors (Lipinski definition) is 2. The summed E-state index contributed by atoms with van der Waals surface area (Å²) in [7, 11) is -8.75. The SMILES string of the molecule is CCN(Cc1ccccc1)c1ccc(C(c2ccc(N(CC)Cc3ccccc3)cc2)c2ccc(SCCCS(=O)(=O)O)cc2S(=O)(=O)O)cc1. The average molecular weight is 745 g/mol. The van der Waals surface area contributed by atoms with Gasteiger partial charge in [-0.1, -0.05) is 91.0 Å². The second-order valence-electron chi connectivity index (χ2n) is 12.3. The van der Waals surface area contributed by atoms with Crippen LogP contribution in [0, 0.1) is 0 Å². The Morgan fingerprint density at radius 1 is 0.627 bits per heavy atom. The van der Waals surface area contributed by atoms with Crippen molar-refractivity contribution in [2.24, 2.45) is 0 Å². The lowest BCUT2D eigenvalue weighted by Crippen LogP contribution is -2.22. The molecule has 0 atom stereocenters. The third-order valence-corrected chi connectivity index (χ3v) is 11.6. The van der Waals surface area contributed by atoms with E-state index < -0.39 is 26.2 Å². The first-order chi connectivity index (χ1) is 24.4. The average Bonchev–Trinajstić information content (AvgIpc) is 3.12. The van der Waals surface area contributed by atoms with Gasteiger partial charge < -0.3 is 9.80 Å². The fourth-order valence-electron chi connectivity index (χ4n) is 6.18. The fraction of sp³-hybridized carbons (Fsp3) is 0.250. The molecule has 0 heterocycles. The van der Waals surface area contributed by atoms with Gasteiger partial charge in [0.2, 0.25) is 0 Å². The van der Waals surface area contributed by atoms with Gasteiger partial charge in [0.15, 0.2) is 0 Å². The van der Waals surface area contributed by atoms with E-state index in [4.69, 9.17) is 4.55 Å². The van der Waals surface area contributed by atoms with Crippen molar-refractivity contribution in [3.8, 4) is 0 Å². The highest BCUT2D eigenvalue weighted by Gasteiger charge is 2.26. The summed E-state index contributed by atoms with van der Waals surface area (Å²) in [6.45, 7) is 7.31. The lowest BCUT2D eigenvalue weighted by atomic mass is 9.85. The van der Waals surface area contributed by atoms with Crippen molar-refractivity contribution in [2.75, 3.05) is 34.4 Å². The maximum atomic E-state index is 13.0. The molecule has 0 aromatic heterocycles. The first-order valence-corrected chi connectivity index (χ1v) is 21.0. The Bertz CT molecular complexity index is 1980. The molecule has 5 aromatic carbocycles. The third kappa shape index (κ3) is 10.7. The van der Waals surface area contributed by atoms with Crippen LogP contribution in [0.5, 0.6) is 0 Å². The van der Waals surface area contributed by atoms with Crippen LogP contribution >= 0.6 is 11.8 Å². The molecule has 0 saturated heterocycles. The molecule has 2 N–H and O–H groups in total. The van der Waals surface area contributed by atoms with Crippen LogP contribution in [0.4, 0.5) is 11.4 Å². The van der Waals surface area contributed by atoms with Gasteiger partial charge in [-0.25, -0.2) is 0 Å². The van der Waals surface area contributed by atoms with Crippen LogP contribution in [0.2, 0.25) is 0 Å². The van der Waals surface area contributed by atoms with Crippen molar-refractivity contribution in [3.05, 3.63) is 155 Å². The van der Waals surface area contributed by atoms with Gasteiger partial charge in [-0.2, -0.15) is 16.8 Å². The fourth-order valence-corrected chi connectivity index (χ4v) is 8.60. The van der Waals surface area contributed by atoms with Crippen LogP contribution in [0.15, 0.2) is 137 Å². The highest BCUT2D eigenvalue weighted by molar-refractivity contribution is 7.99. The second kappa shape index (κ2) is 17.4. The van der Waals surface area contributed by atoms with E-state index in [0.717, 1.165) is 48.7 Å². The molecular weight excluding hydrogens is 701 g/mol. The van der Waals surface area contributed by atoms with Crippen LogP contribution in [0.1, 0.15) is 54.0 Å². The van der Waals surface area contributed by atoms with Crippen molar-refractivity contribution in [1.29, 1.82) is 0 Å². The summed E-state index contributed by atoms with van der Waals surface area (Å²) in [5.41, 5.74) is 6.60. The zero-order valence-electron chi connectivity index (χ0n) is 28.8. The number of anilines is 2. The second-order valence-corrected chi connectivity index (χ2v) is 16.4. The Balaban J connectivity index is 1.52. The molecule has 0 unspecified atom stereocenters. The van der Waals surface area contributed by atoms with Crippen LogP contribution in [0.25, 0.3) is 0 Å². The molecule has 0 aliphatic rings. The highest BCUT2D eigenvalue weighted by atomic mass is 32.2. The van der Waals surface area contributed by atoms with Gasteiger partial charge in [0.1, 0.15) is 0 Å². The molecule has 11 heteroatoms. The number of rotatable bonds is 17. The normalized spacial score (nSPS) is 11.9. The summed E-state index contributed by atoms with van der Waals surface area (Å²) < 4.78 is 67.9. The molecule has 5 aromatic rings.